The van der Waals surface area contributed by atoms with E-state index in [1.54, 1.807) is 17.5 Å². The Morgan fingerprint density at radius 1 is 1.16 bits per heavy atom. The zero-order valence-corrected chi connectivity index (χ0v) is 17.9. The number of aliphatic hydroxyl groups is 1. The van der Waals surface area contributed by atoms with Crippen molar-refractivity contribution in [2.75, 3.05) is 11.9 Å². The highest BCUT2D eigenvalue weighted by molar-refractivity contribution is 7.21. The molecule has 3 N–H and O–H groups in total. The van der Waals surface area contributed by atoms with E-state index in [-0.39, 0.29) is 5.92 Å². The van der Waals surface area contributed by atoms with E-state index in [1.165, 1.54) is 0 Å². The molecule has 1 aliphatic carbocycles. The van der Waals surface area contributed by atoms with Crippen LogP contribution < -0.4 is 10.6 Å². The van der Waals surface area contributed by atoms with Crippen molar-refractivity contribution in [2.24, 2.45) is 5.92 Å². The average Bonchev–Trinajstić information content (AvgIpc) is 3.48. The van der Waals surface area contributed by atoms with Gasteiger partial charge >= 0.3 is 0 Å². The molecular formula is C23H22N6OS. The molecule has 1 aliphatic heterocycles. The van der Waals surface area contributed by atoms with Gasteiger partial charge in [-0.25, -0.2) is 15.0 Å². The van der Waals surface area contributed by atoms with Crippen LogP contribution in [0.2, 0.25) is 0 Å². The van der Waals surface area contributed by atoms with Gasteiger partial charge in [-0.05, 0) is 43.5 Å². The Bertz CT molecular complexity index is 1290. The highest BCUT2D eigenvalue weighted by Crippen LogP contribution is 2.46. The summed E-state index contributed by atoms with van der Waals surface area (Å²) < 4.78 is 1.01. The third kappa shape index (κ3) is 3.18. The monoisotopic (exact) mass is 430 g/mol. The topological polar surface area (TPSA) is 95.9 Å². The van der Waals surface area contributed by atoms with E-state index in [4.69, 9.17) is 9.97 Å². The van der Waals surface area contributed by atoms with Crippen LogP contribution in [0, 0.1) is 12.8 Å². The molecule has 0 aromatic carbocycles. The van der Waals surface area contributed by atoms with Crippen LogP contribution in [0.3, 0.4) is 0 Å². The summed E-state index contributed by atoms with van der Waals surface area (Å²) >= 11 is 1.59. The summed E-state index contributed by atoms with van der Waals surface area (Å²) in [4.78, 5) is 18.5. The van der Waals surface area contributed by atoms with Gasteiger partial charge in [0, 0.05) is 37.0 Å². The molecule has 4 aromatic heterocycles. The fraction of sp³-hybridized carbons (Fsp3) is 0.304. The number of nitrogens with one attached hydrogen (secondary N) is 2. The molecule has 2 aliphatic rings. The molecule has 0 amide bonds. The molecule has 6 rings (SSSR count). The van der Waals surface area contributed by atoms with Crippen LogP contribution in [0.5, 0.6) is 0 Å². The van der Waals surface area contributed by atoms with Crippen LogP contribution in [0.15, 0.2) is 48.8 Å². The molecular weight excluding hydrogens is 408 g/mol. The normalized spacial score (nSPS) is 24.7. The van der Waals surface area contributed by atoms with Gasteiger partial charge in [0.2, 0.25) is 0 Å². The molecule has 156 valence electrons. The summed E-state index contributed by atoms with van der Waals surface area (Å²) in [6.45, 7) is 2.89. The Kier molecular flexibility index (Phi) is 4.27. The molecule has 2 bridgehead atoms. The molecule has 1 saturated carbocycles. The van der Waals surface area contributed by atoms with Gasteiger partial charge in [0.25, 0.3) is 0 Å². The molecule has 3 unspecified atom stereocenters. The predicted octanol–water partition coefficient (Wildman–Crippen LogP) is 3.77. The first-order chi connectivity index (χ1) is 15.1. The first-order valence-electron chi connectivity index (χ1n) is 10.5. The first-order valence-corrected chi connectivity index (χ1v) is 11.3. The minimum atomic E-state index is -0.852. The van der Waals surface area contributed by atoms with Crippen molar-refractivity contribution < 1.29 is 5.11 Å². The number of nitrogens with zero attached hydrogens (tertiary/aromatic N) is 4. The minimum absolute atomic E-state index is 0.221. The third-order valence-corrected chi connectivity index (χ3v) is 7.40. The molecule has 0 spiro atoms. The second-order valence-electron chi connectivity index (χ2n) is 8.42. The van der Waals surface area contributed by atoms with Crippen LogP contribution >= 0.6 is 11.3 Å². The Hall–Kier alpha value is -2.94. The third-order valence-electron chi connectivity index (χ3n) is 6.39. The smallest absolute Gasteiger partial charge is 0.143 e. The number of fused-ring (bicyclic) bond motifs is 3. The molecule has 31 heavy (non-hydrogen) atoms. The number of aromatic nitrogens is 4. The lowest BCUT2D eigenvalue weighted by Crippen LogP contribution is -2.42. The predicted molar refractivity (Wildman–Crippen MR) is 121 cm³/mol. The molecule has 1 saturated heterocycles. The van der Waals surface area contributed by atoms with Gasteiger partial charge in [-0.3, -0.25) is 4.98 Å². The van der Waals surface area contributed by atoms with Crippen LogP contribution in [0.25, 0.3) is 20.9 Å². The highest BCUT2D eigenvalue weighted by Gasteiger charge is 2.51. The summed E-state index contributed by atoms with van der Waals surface area (Å²) in [7, 11) is 0. The lowest BCUT2D eigenvalue weighted by atomic mass is 9.86. The van der Waals surface area contributed by atoms with E-state index in [0.29, 0.717) is 24.1 Å². The second-order valence-corrected chi connectivity index (χ2v) is 9.46. The van der Waals surface area contributed by atoms with E-state index in [9.17, 15) is 5.11 Å². The number of rotatable bonds is 4. The second kappa shape index (κ2) is 7.05. The van der Waals surface area contributed by atoms with Crippen molar-refractivity contribution in [3.63, 3.8) is 0 Å². The maximum Gasteiger partial charge on any atom is 0.143 e. The lowest BCUT2D eigenvalue weighted by molar-refractivity contribution is -0.0157. The van der Waals surface area contributed by atoms with E-state index >= 15 is 0 Å². The fourth-order valence-electron chi connectivity index (χ4n) is 4.78. The minimum Gasteiger partial charge on any atom is -0.383 e. The maximum absolute atomic E-state index is 11.3. The Morgan fingerprint density at radius 2 is 2.10 bits per heavy atom. The average molecular weight is 431 g/mol. The zero-order chi connectivity index (χ0) is 21.0. The summed E-state index contributed by atoms with van der Waals surface area (Å²) in [6.07, 6.45) is 5.34. The highest BCUT2D eigenvalue weighted by atomic mass is 32.1. The number of piperidine rings is 1. The van der Waals surface area contributed by atoms with Crippen LogP contribution in [-0.4, -0.2) is 37.6 Å². The van der Waals surface area contributed by atoms with Crippen molar-refractivity contribution in [1.29, 1.82) is 0 Å². The van der Waals surface area contributed by atoms with Gasteiger partial charge in [-0.2, -0.15) is 0 Å². The van der Waals surface area contributed by atoms with Gasteiger partial charge in [-0.15, -0.1) is 11.3 Å². The van der Waals surface area contributed by atoms with Gasteiger partial charge in [0.15, 0.2) is 0 Å². The lowest BCUT2D eigenvalue weighted by Gasteiger charge is -2.32. The number of hydrogen-bond acceptors (Lipinski definition) is 8. The largest absolute Gasteiger partial charge is 0.383 e. The maximum atomic E-state index is 11.3. The molecule has 3 atom stereocenters. The molecule has 2 fully saturated rings. The first kappa shape index (κ1) is 18.8. The van der Waals surface area contributed by atoms with E-state index in [2.05, 4.69) is 20.6 Å². The summed E-state index contributed by atoms with van der Waals surface area (Å²) in [5.74, 6) is 1.57. The number of anilines is 2. The van der Waals surface area contributed by atoms with Crippen molar-refractivity contribution in [3.05, 3.63) is 60.0 Å². The Morgan fingerprint density at radius 3 is 2.90 bits per heavy atom. The van der Waals surface area contributed by atoms with E-state index in [0.717, 1.165) is 45.1 Å². The van der Waals surface area contributed by atoms with Gasteiger partial charge in [0.05, 0.1) is 15.9 Å². The van der Waals surface area contributed by atoms with Crippen LogP contribution in [0.4, 0.5) is 11.6 Å². The molecule has 5 heterocycles. The molecule has 8 heteroatoms. The number of pyridine rings is 3. The van der Waals surface area contributed by atoms with Gasteiger partial charge in [-0.1, -0.05) is 12.1 Å². The van der Waals surface area contributed by atoms with Crippen molar-refractivity contribution in [2.45, 2.75) is 31.4 Å². The van der Waals surface area contributed by atoms with Crippen molar-refractivity contribution in [3.8, 4) is 10.7 Å². The summed E-state index contributed by atoms with van der Waals surface area (Å²) in [5, 5.41) is 18.9. The fourth-order valence-corrected chi connectivity index (χ4v) is 5.76. The van der Waals surface area contributed by atoms with Gasteiger partial charge in [0.1, 0.15) is 27.9 Å². The number of thiazole rings is 1. The quantitative estimate of drug-likeness (QED) is 0.454. The van der Waals surface area contributed by atoms with E-state index in [1.807, 2.05) is 49.5 Å². The number of hydrogen-bond donors (Lipinski definition) is 3. The molecule has 4 aromatic rings. The number of aryl methyl sites for hydroxylation is 1. The van der Waals surface area contributed by atoms with Crippen molar-refractivity contribution >= 4 is 33.2 Å². The van der Waals surface area contributed by atoms with Gasteiger partial charge < -0.3 is 15.7 Å². The SMILES string of the molecule is Cc1cccnc1-c1nc2cc(Nc3cccc(C4(O)CC5CC4CN5)n3)ncc2s1. The standard InChI is InChI=1S/C23H22N6OS/c1-13-4-3-7-24-21(13)22-27-16-9-20(26-12-17(16)31-22)29-19-6-2-5-18(28-19)23(30)10-15-8-14(23)11-25-15/h2-7,9,12,14-15,25,30H,8,10-11H2,1H3,(H,26,28,29). The van der Waals surface area contributed by atoms with Crippen LogP contribution in [0.1, 0.15) is 24.1 Å². The molecule has 0 radical (unpaired) electrons. The van der Waals surface area contributed by atoms with Crippen LogP contribution in [-0.2, 0) is 5.60 Å². The molecule has 7 nitrogen and oxygen atoms in total. The Balaban J connectivity index is 1.29. The zero-order valence-electron chi connectivity index (χ0n) is 17.0. The Labute approximate surface area is 183 Å². The summed E-state index contributed by atoms with van der Waals surface area (Å²) in [6, 6.07) is 12.0. The van der Waals surface area contributed by atoms with Crippen molar-refractivity contribution in [1.82, 2.24) is 25.3 Å². The summed E-state index contributed by atoms with van der Waals surface area (Å²) in [5.41, 5.74) is 2.75. The van der Waals surface area contributed by atoms with E-state index < -0.39 is 5.60 Å².